The fourth-order valence-corrected chi connectivity index (χ4v) is 6.42. The lowest BCUT2D eigenvalue weighted by Gasteiger charge is -2.34. The molecule has 4 aromatic rings. The summed E-state index contributed by atoms with van der Waals surface area (Å²) in [6, 6.07) is 5.99. The SMILES string of the molecule is CN(C)C(=O)/C=C/[C@]12C[C@H]1[C@@](CF)(c1cc(Nc3ncnc4cc(OCc5ncco5)cnc34)ccc1F)N=C(N)S2. The number of amidine groups is 1. The second-order valence-corrected chi connectivity index (χ2v) is 11.6. The van der Waals surface area contributed by atoms with Gasteiger partial charge in [-0.2, -0.15) is 0 Å². The maximum atomic E-state index is 15.4. The van der Waals surface area contributed by atoms with Crippen molar-refractivity contribution >= 4 is 45.4 Å². The Labute approximate surface area is 243 Å². The molecule has 3 atom stereocenters. The fourth-order valence-electron chi connectivity index (χ4n) is 5.10. The molecule has 0 spiro atoms. The lowest BCUT2D eigenvalue weighted by atomic mass is 9.84. The molecule has 42 heavy (non-hydrogen) atoms. The number of carbonyl (C=O) groups excluding carboxylic acids is 1. The van der Waals surface area contributed by atoms with E-state index in [1.54, 1.807) is 26.2 Å². The fraction of sp³-hybridized carbons (Fsp3) is 0.286. The number of oxazole rings is 1. The minimum atomic E-state index is -1.55. The first-order chi connectivity index (χ1) is 20.2. The summed E-state index contributed by atoms with van der Waals surface area (Å²) in [5.74, 6) is 0.00798. The zero-order valence-electron chi connectivity index (χ0n) is 22.6. The molecule has 0 unspecified atom stereocenters. The predicted octanol–water partition coefficient (Wildman–Crippen LogP) is 4.10. The third kappa shape index (κ3) is 5.02. The molecule has 1 aliphatic heterocycles. The number of aromatic nitrogens is 4. The highest BCUT2D eigenvalue weighted by Gasteiger charge is 2.67. The van der Waals surface area contributed by atoms with Gasteiger partial charge in [0.2, 0.25) is 11.8 Å². The van der Waals surface area contributed by atoms with Crippen LogP contribution in [0.25, 0.3) is 11.0 Å². The molecule has 1 saturated carbocycles. The van der Waals surface area contributed by atoms with Crippen LogP contribution in [-0.4, -0.2) is 61.4 Å². The van der Waals surface area contributed by atoms with Crippen LogP contribution in [0, 0.1) is 11.7 Å². The van der Waals surface area contributed by atoms with Gasteiger partial charge in [-0.05, 0) is 24.6 Å². The van der Waals surface area contributed by atoms with Crippen LogP contribution < -0.4 is 15.8 Å². The molecule has 0 radical (unpaired) electrons. The average Bonchev–Trinajstić information content (AvgIpc) is 3.46. The normalized spacial score (nSPS) is 23.0. The number of carbonyl (C=O) groups is 1. The number of hydrogen-bond donors (Lipinski definition) is 2. The van der Waals surface area contributed by atoms with Gasteiger partial charge in [0.1, 0.15) is 41.9 Å². The number of likely N-dealkylation sites (N-methyl/N-ethyl adjacent to an activating group) is 1. The molecule has 1 aromatic carbocycles. The zero-order valence-corrected chi connectivity index (χ0v) is 23.4. The summed E-state index contributed by atoms with van der Waals surface area (Å²) in [6.07, 6.45) is 9.53. The number of hydrogen-bond acceptors (Lipinski definition) is 11. The van der Waals surface area contributed by atoms with Gasteiger partial charge in [0, 0.05) is 48.2 Å². The number of thioether (sulfide) groups is 1. The van der Waals surface area contributed by atoms with Gasteiger partial charge in [0.05, 0.1) is 17.9 Å². The smallest absolute Gasteiger partial charge is 0.245 e. The molecule has 3 N–H and O–H groups in total. The molecule has 6 rings (SSSR count). The van der Waals surface area contributed by atoms with Crippen LogP contribution in [0.4, 0.5) is 20.3 Å². The number of benzene rings is 1. The number of nitrogens with zero attached hydrogens (tertiary/aromatic N) is 6. The molecule has 1 fully saturated rings. The Hall–Kier alpha value is -4.59. The maximum absolute atomic E-state index is 15.4. The number of aliphatic imine (C=N–C) groups is 1. The van der Waals surface area contributed by atoms with E-state index in [9.17, 15) is 9.18 Å². The number of rotatable bonds is 9. The van der Waals surface area contributed by atoms with Gasteiger partial charge < -0.3 is 25.1 Å². The van der Waals surface area contributed by atoms with E-state index in [2.05, 4.69) is 30.2 Å². The van der Waals surface area contributed by atoms with Crippen molar-refractivity contribution in [3.8, 4) is 5.75 Å². The van der Waals surface area contributed by atoms with E-state index in [1.807, 2.05) is 0 Å². The standard InChI is InChI=1S/C28H26F2N8O3S/c1-38(2)23(39)5-6-27-11-21(27)28(14-29,37-26(31)42-27)18-9-16(3-4-19(18)30)36-25-24-20(34-15-35-25)10-17(12-33-24)41-13-22-32-7-8-40-22/h3-10,12,15,21H,11,13-14H2,1-2H3,(H2,31,37)(H,34,35,36)/b6-5+/t21-,27+,28-/m1/s1. The highest BCUT2D eigenvalue weighted by atomic mass is 32.2. The monoisotopic (exact) mass is 592 g/mol. The van der Waals surface area contributed by atoms with Crippen LogP contribution in [0.2, 0.25) is 0 Å². The Morgan fingerprint density at radius 2 is 2.14 bits per heavy atom. The molecular formula is C28H26F2N8O3S. The van der Waals surface area contributed by atoms with E-state index in [1.165, 1.54) is 65.9 Å². The summed E-state index contributed by atoms with van der Waals surface area (Å²) in [6.45, 7) is -0.842. The van der Waals surface area contributed by atoms with E-state index in [-0.39, 0.29) is 23.2 Å². The number of anilines is 2. The predicted molar refractivity (Wildman–Crippen MR) is 153 cm³/mol. The molecule has 1 aliphatic carbocycles. The van der Waals surface area contributed by atoms with Crippen LogP contribution >= 0.6 is 11.8 Å². The van der Waals surface area contributed by atoms with Crippen molar-refractivity contribution in [1.29, 1.82) is 0 Å². The minimum absolute atomic E-state index is 0.0611. The molecule has 14 heteroatoms. The van der Waals surface area contributed by atoms with Gasteiger partial charge in [-0.3, -0.25) is 4.79 Å². The number of nitrogens with one attached hydrogen (secondary N) is 1. The molecule has 3 aromatic heterocycles. The van der Waals surface area contributed by atoms with Crippen molar-refractivity contribution in [3.63, 3.8) is 0 Å². The van der Waals surface area contributed by atoms with Gasteiger partial charge in [-0.25, -0.2) is 33.7 Å². The summed E-state index contributed by atoms with van der Waals surface area (Å²) >= 11 is 1.27. The van der Waals surface area contributed by atoms with E-state index >= 15 is 4.39 Å². The van der Waals surface area contributed by atoms with Gasteiger partial charge in [0.25, 0.3) is 0 Å². The van der Waals surface area contributed by atoms with E-state index in [0.717, 1.165) is 0 Å². The Morgan fingerprint density at radius 3 is 2.90 bits per heavy atom. The highest BCUT2D eigenvalue weighted by molar-refractivity contribution is 8.15. The van der Waals surface area contributed by atoms with Crippen molar-refractivity contribution < 1.29 is 22.7 Å². The number of amides is 1. The lowest BCUT2D eigenvalue weighted by molar-refractivity contribution is -0.123. The van der Waals surface area contributed by atoms with E-state index < -0.39 is 28.7 Å². The second-order valence-electron chi connectivity index (χ2n) is 10.2. The first kappa shape index (κ1) is 27.6. The van der Waals surface area contributed by atoms with Gasteiger partial charge >= 0.3 is 0 Å². The third-order valence-corrected chi connectivity index (χ3v) is 8.55. The van der Waals surface area contributed by atoms with Crippen LogP contribution in [0.3, 0.4) is 0 Å². The van der Waals surface area contributed by atoms with Crippen molar-refractivity contribution in [3.05, 3.63) is 78.7 Å². The van der Waals surface area contributed by atoms with E-state index in [0.29, 0.717) is 40.6 Å². The van der Waals surface area contributed by atoms with E-state index in [4.69, 9.17) is 14.9 Å². The Morgan fingerprint density at radius 1 is 1.29 bits per heavy atom. The number of halogens is 2. The van der Waals surface area contributed by atoms with Crippen molar-refractivity contribution in [2.45, 2.75) is 23.3 Å². The number of nitrogens with two attached hydrogens (primary N) is 1. The molecule has 4 heterocycles. The number of alkyl halides is 1. The largest absolute Gasteiger partial charge is 0.482 e. The minimum Gasteiger partial charge on any atom is -0.482 e. The third-order valence-electron chi connectivity index (χ3n) is 7.28. The van der Waals surface area contributed by atoms with Crippen molar-refractivity contribution in [2.75, 3.05) is 26.1 Å². The molecule has 0 saturated heterocycles. The van der Waals surface area contributed by atoms with Gasteiger partial charge in [-0.15, -0.1) is 0 Å². The quantitative estimate of drug-likeness (QED) is 0.273. The Kier molecular flexibility index (Phi) is 7.01. The van der Waals surface area contributed by atoms with Crippen LogP contribution in [0.5, 0.6) is 5.75 Å². The summed E-state index contributed by atoms with van der Waals surface area (Å²) in [7, 11) is 3.28. The first-order valence-corrected chi connectivity index (χ1v) is 13.7. The number of fused-ring (bicyclic) bond motifs is 2. The summed E-state index contributed by atoms with van der Waals surface area (Å²) in [5, 5.41) is 3.29. The molecule has 2 aliphatic rings. The van der Waals surface area contributed by atoms with Crippen LogP contribution in [-0.2, 0) is 16.9 Å². The topological polar surface area (TPSA) is 145 Å². The lowest BCUT2D eigenvalue weighted by Crippen LogP contribution is -2.39. The molecule has 1 amide bonds. The summed E-state index contributed by atoms with van der Waals surface area (Å²) in [5.41, 5.74) is 6.06. The Balaban J connectivity index is 1.29. The molecule has 0 bridgehead atoms. The van der Waals surface area contributed by atoms with Gasteiger partial charge in [0.15, 0.2) is 17.6 Å². The molecule has 11 nitrogen and oxygen atoms in total. The molecule has 216 valence electrons. The van der Waals surface area contributed by atoms with Crippen molar-refractivity contribution in [2.24, 2.45) is 16.6 Å². The average molecular weight is 593 g/mol. The van der Waals surface area contributed by atoms with Gasteiger partial charge in [-0.1, -0.05) is 17.8 Å². The van der Waals surface area contributed by atoms with Crippen LogP contribution in [0.15, 0.2) is 70.8 Å². The summed E-state index contributed by atoms with van der Waals surface area (Å²) < 4.78 is 40.6. The summed E-state index contributed by atoms with van der Waals surface area (Å²) in [4.78, 5) is 35.1. The molecular weight excluding hydrogens is 566 g/mol. The van der Waals surface area contributed by atoms with Crippen LogP contribution in [0.1, 0.15) is 17.9 Å². The highest BCUT2D eigenvalue weighted by Crippen LogP contribution is 2.67. The number of pyridine rings is 1. The first-order valence-electron chi connectivity index (χ1n) is 12.9. The van der Waals surface area contributed by atoms with Crippen molar-refractivity contribution in [1.82, 2.24) is 24.8 Å². The number of ether oxygens (including phenoxy) is 1. The zero-order chi connectivity index (χ0) is 29.5. The Bertz CT molecular complexity index is 1720. The second kappa shape index (κ2) is 10.7. The maximum Gasteiger partial charge on any atom is 0.245 e.